The highest BCUT2D eigenvalue weighted by Crippen LogP contribution is 2.40. The Labute approximate surface area is 98.1 Å². The Kier molecular flexibility index (Phi) is 2.41. The fraction of sp³-hybridized carbons (Fsp3) is 0.417. The smallest absolute Gasteiger partial charge is 0.0998 e. The molecule has 1 fully saturated rings. The standard InChI is InChI=1S/C12H12ClNS/c13-10-7-15-12-9(5-6-14-11(10)12)8-3-1-2-4-8/h5-8H,1-4H2. The van der Waals surface area contributed by atoms with Gasteiger partial charge in [-0.25, -0.2) is 0 Å². The average Bonchev–Trinajstić information content (AvgIpc) is 2.88. The summed E-state index contributed by atoms with van der Waals surface area (Å²) in [5.41, 5.74) is 2.46. The highest BCUT2D eigenvalue weighted by molar-refractivity contribution is 7.18. The lowest BCUT2D eigenvalue weighted by Crippen LogP contribution is -1.92. The van der Waals surface area contributed by atoms with Crippen LogP contribution in [0, 0.1) is 0 Å². The normalized spacial score (nSPS) is 17.7. The molecule has 0 bridgehead atoms. The van der Waals surface area contributed by atoms with E-state index in [1.807, 2.05) is 11.6 Å². The molecule has 0 spiro atoms. The summed E-state index contributed by atoms with van der Waals surface area (Å²) < 4.78 is 1.30. The van der Waals surface area contributed by atoms with E-state index in [-0.39, 0.29) is 0 Å². The van der Waals surface area contributed by atoms with E-state index >= 15 is 0 Å². The minimum absolute atomic E-state index is 0.741. The first kappa shape index (κ1) is 9.61. The van der Waals surface area contributed by atoms with Crippen LogP contribution in [0.15, 0.2) is 17.6 Å². The summed E-state index contributed by atoms with van der Waals surface area (Å²) in [5.74, 6) is 0.741. The van der Waals surface area contributed by atoms with E-state index in [0.29, 0.717) is 0 Å². The Morgan fingerprint density at radius 3 is 2.93 bits per heavy atom. The summed E-state index contributed by atoms with van der Waals surface area (Å²) >= 11 is 7.83. The monoisotopic (exact) mass is 237 g/mol. The van der Waals surface area contributed by atoms with E-state index in [2.05, 4.69) is 11.1 Å². The molecule has 1 nitrogen and oxygen atoms in total. The van der Waals surface area contributed by atoms with Crippen molar-refractivity contribution in [1.82, 2.24) is 4.98 Å². The third kappa shape index (κ3) is 1.56. The van der Waals surface area contributed by atoms with Crippen molar-refractivity contribution in [3.63, 3.8) is 0 Å². The molecule has 78 valence electrons. The molecule has 2 heterocycles. The summed E-state index contributed by atoms with van der Waals surface area (Å²) in [6.07, 6.45) is 7.29. The van der Waals surface area contributed by atoms with Crippen molar-refractivity contribution >= 4 is 33.2 Å². The number of hydrogen-bond donors (Lipinski definition) is 0. The van der Waals surface area contributed by atoms with E-state index < -0.39 is 0 Å². The van der Waals surface area contributed by atoms with Gasteiger partial charge in [0.25, 0.3) is 0 Å². The van der Waals surface area contributed by atoms with Gasteiger partial charge in [-0.1, -0.05) is 24.4 Å². The average molecular weight is 238 g/mol. The molecule has 15 heavy (non-hydrogen) atoms. The third-order valence-corrected chi connectivity index (χ3v) is 4.67. The SMILES string of the molecule is Clc1csc2c(C3CCCC3)ccnc12. The zero-order valence-corrected chi connectivity index (χ0v) is 9.94. The molecule has 2 aromatic heterocycles. The Bertz CT molecular complexity index is 485. The summed E-state index contributed by atoms with van der Waals surface area (Å²) in [5, 5.41) is 2.80. The number of hydrogen-bond acceptors (Lipinski definition) is 2. The molecule has 1 aliphatic carbocycles. The van der Waals surface area contributed by atoms with Crippen molar-refractivity contribution in [2.45, 2.75) is 31.6 Å². The van der Waals surface area contributed by atoms with Gasteiger partial charge < -0.3 is 0 Å². The highest BCUT2D eigenvalue weighted by Gasteiger charge is 2.20. The number of halogens is 1. The first-order valence-corrected chi connectivity index (χ1v) is 6.63. The van der Waals surface area contributed by atoms with Crippen molar-refractivity contribution in [2.24, 2.45) is 0 Å². The third-order valence-electron chi connectivity index (χ3n) is 3.24. The fourth-order valence-corrected chi connectivity index (χ4v) is 3.79. The summed E-state index contributed by atoms with van der Waals surface area (Å²) in [6.45, 7) is 0. The van der Waals surface area contributed by atoms with Gasteiger partial charge in [-0.2, -0.15) is 0 Å². The van der Waals surface area contributed by atoms with Gasteiger partial charge in [0.15, 0.2) is 0 Å². The summed E-state index contributed by atoms with van der Waals surface area (Å²) in [7, 11) is 0. The molecule has 0 N–H and O–H groups in total. The van der Waals surface area contributed by atoms with Crippen molar-refractivity contribution < 1.29 is 0 Å². The number of pyridine rings is 1. The van der Waals surface area contributed by atoms with Gasteiger partial charge in [-0.3, -0.25) is 4.98 Å². The van der Waals surface area contributed by atoms with Crippen LogP contribution in [0.2, 0.25) is 5.02 Å². The molecule has 0 radical (unpaired) electrons. The van der Waals surface area contributed by atoms with E-state index in [1.54, 1.807) is 11.3 Å². The molecule has 1 aliphatic rings. The zero-order valence-electron chi connectivity index (χ0n) is 8.37. The van der Waals surface area contributed by atoms with Crippen LogP contribution in [0.3, 0.4) is 0 Å². The first-order valence-electron chi connectivity index (χ1n) is 5.38. The predicted octanol–water partition coefficient (Wildman–Crippen LogP) is 4.61. The van der Waals surface area contributed by atoms with Crippen LogP contribution in [0.25, 0.3) is 10.2 Å². The zero-order chi connectivity index (χ0) is 10.3. The summed E-state index contributed by atoms with van der Waals surface area (Å²) in [6, 6.07) is 2.17. The van der Waals surface area contributed by atoms with E-state index in [9.17, 15) is 0 Å². The molecule has 0 atom stereocenters. The Morgan fingerprint density at radius 2 is 2.13 bits per heavy atom. The van der Waals surface area contributed by atoms with Crippen LogP contribution < -0.4 is 0 Å². The van der Waals surface area contributed by atoms with Gasteiger partial charge >= 0.3 is 0 Å². The minimum atomic E-state index is 0.741. The van der Waals surface area contributed by atoms with Crippen LogP contribution in [0.5, 0.6) is 0 Å². The lowest BCUT2D eigenvalue weighted by molar-refractivity contribution is 0.730. The number of thiophene rings is 1. The second-order valence-electron chi connectivity index (χ2n) is 4.14. The number of nitrogens with zero attached hydrogens (tertiary/aromatic N) is 1. The van der Waals surface area contributed by atoms with Crippen molar-refractivity contribution in [3.05, 3.63) is 28.2 Å². The molecule has 0 unspecified atom stereocenters. The van der Waals surface area contributed by atoms with Crippen LogP contribution in [-0.4, -0.2) is 4.98 Å². The maximum Gasteiger partial charge on any atom is 0.0998 e. The van der Waals surface area contributed by atoms with Crippen molar-refractivity contribution in [2.75, 3.05) is 0 Å². The highest BCUT2D eigenvalue weighted by atomic mass is 35.5. The molecule has 0 saturated heterocycles. The maximum atomic E-state index is 6.10. The first-order chi connectivity index (χ1) is 7.36. The van der Waals surface area contributed by atoms with E-state index in [1.165, 1.54) is 35.9 Å². The van der Waals surface area contributed by atoms with Gasteiger partial charge in [0.05, 0.1) is 15.2 Å². The Morgan fingerprint density at radius 1 is 1.33 bits per heavy atom. The van der Waals surface area contributed by atoms with Crippen LogP contribution in [0.1, 0.15) is 37.2 Å². The molecule has 0 aliphatic heterocycles. The minimum Gasteiger partial charge on any atom is -0.254 e. The number of rotatable bonds is 1. The van der Waals surface area contributed by atoms with Gasteiger partial charge in [0, 0.05) is 11.6 Å². The predicted molar refractivity (Wildman–Crippen MR) is 65.8 cm³/mol. The van der Waals surface area contributed by atoms with Crippen LogP contribution >= 0.6 is 22.9 Å². The number of fused-ring (bicyclic) bond motifs is 1. The van der Waals surface area contributed by atoms with E-state index in [4.69, 9.17) is 11.6 Å². The topological polar surface area (TPSA) is 12.9 Å². The second-order valence-corrected chi connectivity index (χ2v) is 5.43. The molecule has 3 rings (SSSR count). The molecule has 3 heteroatoms. The molecular weight excluding hydrogens is 226 g/mol. The quantitative estimate of drug-likeness (QED) is 0.706. The van der Waals surface area contributed by atoms with E-state index in [0.717, 1.165) is 16.5 Å². The Hall–Kier alpha value is -0.600. The molecule has 1 saturated carbocycles. The van der Waals surface area contributed by atoms with Crippen LogP contribution in [0.4, 0.5) is 0 Å². The summed E-state index contributed by atoms with van der Waals surface area (Å²) in [4.78, 5) is 4.35. The van der Waals surface area contributed by atoms with Gasteiger partial charge in [0.2, 0.25) is 0 Å². The van der Waals surface area contributed by atoms with Gasteiger partial charge in [-0.05, 0) is 30.4 Å². The number of aromatic nitrogens is 1. The molecule has 0 aromatic carbocycles. The van der Waals surface area contributed by atoms with Gasteiger partial charge in [0.1, 0.15) is 0 Å². The second kappa shape index (κ2) is 3.76. The molecular formula is C12H12ClNS. The molecule has 2 aromatic rings. The van der Waals surface area contributed by atoms with Gasteiger partial charge in [-0.15, -0.1) is 11.3 Å². The Balaban J connectivity index is 2.17. The molecule has 0 amide bonds. The largest absolute Gasteiger partial charge is 0.254 e. The maximum absolute atomic E-state index is 6.10. The van der Waals surface area contributed by atoms with Crippen molar-refractivity contribution in [1.29, 1.82) is 0 Å². The lowest BCUT2D eigenvalue weighted by atomic mass is 9.98. The van der Waals surface area contributed by atoms with Crippen LogP contribution in [-0.2, 0) is 0 Å². The lowest BCUT2D eigenvalue weighted by Gasteiger charge is -2.09. The van der Waals surface area contributed by atoms with Crippen molar-refractivity contribution in [3.8, 4) is 0 Å². The fourth-order valence-electron chi connectivity index (χ4n) is 2.48.